The van der Waals surface area contributed by atoms with Crippen LogP contribution < -0.4 is 10.6 Å². The number of nitro groups is 1. The summed E-state index contributed by atoms with van der Waals surface area (Å²) >= 11 is 0. The summed E-state index contributed by atoms with van der Waals surface area (Å²) < 4.78 is 13.5. The zero-order valence-electron chi connectivity index (χ0n) is 10.9. The van der Waals surface area contributed by atoms with Crippen LogP contribution in [0.15, 0.2) is 18.5 Å². The van der Waals surface area contributed by atoms with Gasteiger partial charge in [0, 0.05) is 7.05 Å². The molecule has 110 valence electrons. The smallest absolute Gasteiger partial charge is 0.285 e. The number of H-pyrrole nitrogens is 1. The lowest BCUT2D eigenvalue weighted by Gasteiger charge is -2.08. The third-order valence-corrected chi connectivity index (χ3v) is 2.68. The van der Waals surface area contributed by atoms with E-state index in [0.29, 0.717) is 11.9 Å². The van der Waals surface area contributed by atoms with E-state index in [1.165, 1.54) is 13.4 Å². The quantitative estimate of drug-likeness (QED) is 0.553. The van der Waals surface area contributed by atoms with Gasteiger partial charge in [-0.05, 0) is 6.07 Å². The number of nitro benzene ring substituents is 1. The van der Waals surface area contributed by atoms with Gasteiger partial charge in [0.15, 0.2) is 5.82 Å². The maximum absolute atomic E-state index is 13.5. The number of aromatic nitrogens is 3. The van der Waals surface area contributed by atoms with Crippen LogP contribution in [0.4, 0.5) is 15.8 Å². The molecule has 2 aromatic rings. The highest BCUT2D eigenvalue weighted by Crippen LogP contribution is 2.25. The number of anilines is 1. The predicted molar refractivity (Wildman–Crippen MR) is 70.2 cm³/mol. The van der Waals surface area contributed by atoms with Gasteiger partial charge in [0.1, 0.15) is 17.7 Å². The van der Waals surface area contributed by atoms with Crippen molar-refractivity contribution in [2.75, 3.05) is 12.4 Å². The second-order valence-corrected chi connectivity index (χ2v) is 3.97. The summed E-state index contributed by atoms with van der Waals surface area (Å²) in [5.74, 6) is -1.13. The Morgan fingerprint density at radius 1 is 1.52 bits per heavy atom. The van der Waals surface area contributed by atoms with E-state index < -0.39 is 22.3 Å². The highest BCUT2D eigenvalue weighted by Gasteiger charge is 2.23. The van der Waals surface area contributed by atoms with Crippen molar-refractivity contribution < 1.29 is 14.1 Å². The molecule has 0 spiro atoms. The number of hydrogen-bond donors (Lipinski definition) is 3. The maximum Gasteiger partial charge on any atom is 0.285 e. The topological polar surface area (TPSA) is 126 Å². The van der Waals surface area contributed by atoms with Crippen LogP contribution in [0.5, 0.6) is 0 Å². The predicted octanol–water partition coefficient (Wildman–Crippen LogP) is 0.824. The monoisotopic (exact) mass is 294 g/mol. The molecule has 0 aliphatic carbocycles. The molecule has 1 heterocycles. The Morgan fingerprint density at radius 3 is 2.86 bits per heavy atom. The number of amides is 1. The number of hydrogen-bond acceptors (Lipinski definition) is 6. The van der Waals surface area contributed by atoms with Crippen LogP contribution in [0.3, 0.4) is 0 Å². The Hall–Kier alpha value is -3.04. The average Bonchev–Trinajstić information content (AvgIpc) is 2.97. The van der Waals surface area contributed by atoms with E-state index in [1.807, 2.05) is 0 Å². The third kappa shape index (κ3) is 3.11. The Morgan fingerprint density at radius 2 is 2.29 bits per heavy atom. The molecule has 9 nitrogen and oxygen atoms in total. The van der Waals surface area contributed by atoms with E-state index in [1.54, 1.807) is 0 Å². The number of nitrogens with one attached hydrogen (secondary N) is 3. The third-order valence-electron chi connectivity index (χ3n) is 2.68. The summed E-state index contributed by atoms with van der Waals surface area (Å²) in [6, 6.07) is 1.79. The fourth-order valence-electron chi connectivity index (χ4n) is 1.66. The van der Waals surface area contributed by atoms with E-state index in [9.17, 15) is 19.3 Å². The summed E-state index contributed by atoms with van der Waals surface area (Å²) in [5, 5.41) is 22.0. The van der Waals surface area contributed by atoms with Crippen molar-refractivity contribution in [3.63, 3.8) is 0 Å². The SMILES string of the molecule is CNc1cc(C(=O)NCc2ncn[nH]2)c([N+](=O)[O-])cc1F. The minimum absolute atomic E-state index is 0.00887. The van der Waals surface area contributed by atoms with Gasteiger partial charge in [-0.1, -0.05) is 0 Å². The van der Waals surface area contributed by atoms with Gasteiger partial charge in [-0.15, -0.1) is 0 Å². The van der Waals surface area contributed by atoms with E-state index in [0.717, 1.165) is 6.07 Å². The maximum atomic E-state index is 13.5. The highest BCUT2D eigenvalue weighted by atomic mass is 19.1. The Bertz CT molecular complexity index is 673. The summed E-state index contributed by atoms with van der Waals surface area (Å²) in [4.78, 5) is 25.9. The summed E-state index contributed by atoms with van der Waals surface area (Å²) in [7, 11) is 1.44. The number of rotatable bonds is 5. The van der Waals surface area contributed by atoms with Crippen LogP contribution >= 0.6 is 0 Å². The number of carbonyl (C=O) groups is 1. The minimum Gasteiger partial charge on any atom is -0.386 e. The molecule has 1 amide bonds. The van der Waals surface area contributed by atoms with Gasteiger partial charge in [-0.3, -0.25) is 20.0 Å². The average molecular weight is 294 g/mol. The highest BCUT2D eigenvalue weighted by molar-refractivity contribution is 5.99. The van der Waals surface area contributed by atoms with E-state index in [2.05, 4.69) is 25.8 Å². The second-order valence-electron chi connectivity index (χ2n) is 3.97. The zero-order valence-corrected chi connectivity index (χ0v) is 10.9. The second kappa shape index (κ2) is 5.94. The normalized spacial score (nSPS) is 10.2. The van der Waals surface area contributed by atoms with E-state index >= 15 is 0 Å². The van der Waals surface area contributed by atoms with Gasteiger partial charge in [-0.2, -0.15) is 5.10 Å². The lowest BCUT2D eigenvalue weighted by molar-refractivity contribution is -0.385. The van der Waals surface area contributed by atoms with E-state index in [4.69, 9.17) is 0 Å². The molecule has 0 unspecified atom stereocenters. The Labute approximate surface area is 117 Å². The molecule has 1 aromatic carbocycles. The molecule has 2 rings (SSSR count). The van der Waals surface area contributed by atoms with Crippen LogP contribution in [0, 0.1) is 15.9 Å². The first-order valence-electron chi connectivity index (χ1n) is 5.81. The molecule has 1 aromatic heterocycles. The van der Waals surface area contributed by atoms with Crippen LogP contribution in [-0.4, -0.2) is 33.1 Å². The number of halogens is 1. The zero-order chi connectivity index (χ0) is 15.4. The van der Waals surface area contributed by atoms with Crippen molar-refractivity contribution >= 4 is 17.3 Å². The van der Waals surface area contributed by atoms with Gasteiger partial charge in [0.2, 0.25) is 0 Å². The number of nitrogens with zero attached hydrogens (tertiary/aromatic N) is 3. The molecule has 0 radical (unpaired) electrons. The summed E-state index contributed by atoms with van der Waals surface area (Å²) in [6.07, 6.45) is 1.26. The van der Waals surface area contributed by atoms with Crippen LogP contribution in [-0.2, 0) is 6.54 Å². The first kappa shape index (κ1) is 14.4. The number of carbonyl (C=O) groups excluding carboxylic acids is 1. The molecule has 0 atom stereocenters. The molecule has 0 fully saturated rings. The molecule has 3 N–H and O–H groups in total. The van der Waals surface area contributed by atoms with Gasteiger partial charge >= 0.3 is 0 Å². The van der Waals surface area contributed by atoms with Crippen molar-refractivity contribution in [3.8, 4) is 0 Å². The largest absolute Gasteiger partial charge is 0.386 e. The number of benzene rings is 1. The van der Waals surface area contributed by atoms with Crippen molar-refractivity contribution in [2.45, 2.75) is 6.54 Å². The van der Waals surface area contributed by atoms with Gasteiger partial charge in [-0.25, -0.2) is 9.37 Å². The Kier molecular flexibility index (Phi) is 4.07. The van der Waals surface area contributed by atoms with Gasteiger partial charge in [0.05, 0.1) is 23.2 Å². The van der Waals surface area contributed by atoms with Crippen molar-refractivity contribution in [1.29, 1.82) is 0 Å². The van der Waals surface area contributed by atoms with Crippen LogP contribution in [0.2, 0.25) is 0 Å². The molecule has 0 aliphatic rings. The van der Waals surface area contributed by atoms with Crippen molar-refractivity contribution in [1.82, 2.24) is 20.5 Å². The molecule has 0 bridgehead atoms. The summed E-state index contributed by atoms with van der Waals surface area (Å²) in [6.45, 7) is 0.0161. The molecule has 10 heteroatoms. The van der Waals surface area contributed by atoms with Gasteiger partial charge in [0.25, 0.3) is 11.6 Å². The molecule has 21 heavy (non-hydrogen) atoms. The van der Waals surface area contributed by atoms with Crippen molar-refractivity contribution in [2.24, 2.45) is 0 Å². The minimum atomic E-state index is -0.814. The first-order valence-corrected chi connectivity index (χ1v) is 5.81. The van der Waals surface area contributed by atoms with E-state index in [-0.39, 0.29) is 17.8 Å². The fourth-order valence-corrected chi connectivity index (χ4v) is 1.66. The van der Waals surface area contributed by atoms with Crippen LogP contribution in [0.1, 0.15) is 16.2 Å². The molecule has 0 saturated carbocycles. The fraction of sp³-hybridized carbons (Fsp3) is 0.182. The standard InChI is InChI=1S/C11H11FN6O3/c1-13-8-2-6(9(18(20)21)3-7(8)12)11(19)14-4-10-15-5-16-17-10/h2-3,5,13H,4H2,1H3,(H,14,19)(H,15,16,17). The van der Waals surface area contributed by atoms with Crippen molar-refractivity contribution in [3.05, 3.63) is 45.8 Å². The first-order chi connectivity index (χ1) is 10.0. The number of aromatic amines is 1. The van der Waals surface area contributed by atoms with Crippen LogP contribution in [0.25, 0.3) is 0 Å². The lowest BCUT2D eigenvalue weighted by atomic mass is 10.1. The lowest BCUT2D eigenvalue weighted by Crippen LogP contribution is -2.24. The summed E-state index contributed by atoms with van der Waals surface area (Å²) in [5.41, 5.74) is -0.864. The molecular formula is C11H11FN6O3. The molecule has 0 aliphatic heterocycles. The molecular weight excluding hydrogens is 283 g/mol. The Balaban J connectivity index is 2.27. The van der Waals surface area contributed by atoms with Gasteiger partial charge < -0.3 is 10.6 Å². The molecule has 0 saturated heterocycles.